The molecule has 2 unspecified atom stereocenters. The van der Waals surface area contributed by atoms with Crippen molar-refractivity contribution in [2.45, 2.75) is 55.6 Å². The Kier molecular flexibility index (Phi) is 8.93. The van der Waals surface area contributed by atoms with E-state index in [1.807, 2.05) is 0 Å². The number of aliphatic hydroxyl groups excluding tert-OH is 6. The first-order valence-corrected chi connectivity index (χ1v) is 6.25. The molecule has 0 saturated carbocycles. The highest BCUT2D eigenvalue weighted by atomic mass is 16.4. The Bertz CT molecular complexity index is 370. The van der Waals surface area contributed by atoms with E-state index in [2.05, 4.69) is 15.5 Å². The van der Waals surface area contributed by atoms with Gasteiger partial charge >= 0.3 is 0 Å². The summed E-state index contributed by atoms with van der Waals surface area (Å²) in [6.07, 6.45) is -9.67. The third-order valence-electron chi connectivity index (χ3n) is 3.20. The second kappa shape index (κ2) is 9.55. The molecule has 0 radical (unpaired) electrons. The Morgan fingerprint density at radius 1 is 0.727 bits per heavy atom. The summed E-state index contributed by atoms with van der Waals surface area (Å²) in [7, 11) is 0. The monoisotopic (exact) mass is 325 g/mol. The maximum Gasteiger partial charge on any atom is 0.148 e. The Morgan fingerprint density at radius 3 is 1.50 bits per heavy atom. The lowest BCUT2D eigenvalue weighted by molar-refractivity contribution is -0.0851. The van der Waals surface area contributed by atoms with Gasteiger partial charge in [0.05, 0.1) is 12.7 Å². The number of hydrogen-bond acceptors (Lipinski definition) is 12. The van der Waals surface area contributed by atoms with E-state index in [4.69, 9.17) is 10.2 Å². The van der Waals surface area contributed by atoms with Crippen LogP contribution in [0.5, 0.6) is 0 Å². The van der Waals surface area contributed by atoms with Crippen LogP contribution in [0.3, 0.4) is 0 Å². The fourth-order valence-electron chi connectivity index (χ4n) is 1.77. The molecule has 0 aliphatic carbocycles. The number of nitroso groups, excluding NO2 is 3. The van der Waals surface area contributed by atoms with Gasteiger partial charge in [-0.1, -0.05) is 15.5 Å². The Balaban J connectivity index is 5.28. The summed E-state index contributed by atoms with van der Waals surface area (Å²) in [4.78, 5) is 31.9. The van der Waals surface area contributed by atoms with Crippen LogP contribution in [0.4, 0.5) is 0 Å². The van der Waals surface area contributed by atoms with Crippen LogP contribution in [-0.4, -0.2) is 85.9 Å². The van der Waals surface area contributed by atoms with Gasteiger partial charge in [0.2, 0.25) is 0 Å². The smallest absolute Gasteiger partial charge is 0.148 e. The molecule has 12 nitrogen and oxygen atoms in total. The first kappa shape index (κ1) is 20.6. The first-order valence-electron chi connectivity index (χ1n) is 6.25. The molecule has 0 bridgehead atoms. The van der Waals surface area contributed by atoms with E-state index < -0.39 is 55.3 Å². The van der Waals surface area contributed by atoms with Crippen molar-refractivity contribution >= 4 is 0 Å². The van der Waals surface area contributed by atoms with E-state index >= 15 is 0 Å². The summed E-state index contributed by atoms with van der Waals surface area (Å²) in [5, 5.41) is 63.6. The second-order valence-electron chi connectivity index (χ2n) is 4.75. The lowest BCUT2D eigenvalue weighted by Gasteiger charge is -2.30. The van der Waals surface area contributed by atoms with E-state index in [9.17, 15) is 35.1 Å². The number of hydrogen-bond donors (Lipinski definition) is 6. The predicted molar refractivity (Wildman–Crippen MR) is 71.5 cm³/mol. The van der Waals surface area contributed by atoms with Crippen LogP contribution in [0.2, 0.25) is 0 Å². The maximum atomic E-state index is 10.7. The lowest BCUT2D eigenvalue weighted by Crippen LogP contribution is -2.54. The standard InChI is InChI=1S/C10H19N3O9/c1-3(15)7(16)10(19)6(13-22)9(18)5(12-21)8(17)4(2-14)11-20/h3-10,14-19H,2H2,1H3/t3-,4?,5+,6+,7-,8?,9+,10+/m0/s1. The zero-order chi connectivity index (χ0) is 17.4. The number of aliphatic hydroxyl groups is 6. The number of rotatable bonds is 11. The van der Waals surface area contributed by atoms with E-state index in [1.165, 1.54) is 0 Å². The molecule has 0 spiro atoms. The fourth-order valence-corrected chi connectivity index (χ4v) is 1.77. The van der Waals surface area contributed by atoms with Gasteiger partial charge in [0.25, 0.3) is 0 Å². The average Bonchev–Trinajstić information content (AvgIpc) is 2.48. The zero-order valence-corrected chi connectivity index (χ0v) is 11.6. The molecule has 0 rings (SSSR count). The molecule has 128 valence electrons. The predicted octanol–water partition coefficient (Wildman–Crippen LogP) is -2.79. The van der Waals surface area contributed by atoms with Gasteiger partial charge in [0, 0.05) is 0 Å². The largest absolute Gasteiger partial charge is 0.394 e. The molecule has 0 aliphatic rings. The van der Waals surface area contributed by atoms with Crippen LogP contribution in [0.1, 0.15) is 6.92 Å². The molecule has 0 heterocycles. The molecule has 12 heteroatoms. The van der Waals surface area contributed by atoms with E-state index in [0.717, 1.165) is 6.92 Å². The van der Waals surface area contributed by atoms with Crippen molar-refractivity contribution in [3.8, 4) is 0 Å². The third kappa shape index (κ3) is 4.79. The molecular formula is C10H19N3O9. The van der Waals surface area contributed by atoms with Gasteiger partial charge in [-0.25, -0.2) is 0 Å². The topological polar surface area (TPSA) is 210 Å². The summed E-state index contributed by atoms with van der Waals surface area (Å²) in [5.74, 6) is 0. The second-order valence-corrected chi connectivity index (χ2v) is 4.75. The summed E-state index contributed by atoms with van der Waals surface area (Å²) < 4.78 is 0. The van der Waals surface area contributed by atoms with Gasteiger partial charge in [0.1, 0.15) is 42.5 Å². The molecule has 0 aliphatic heterocycles. The quantitative estimate of drug-likeness (QED) is 0.216. The van der Waals surface area contributed by atoms with E-state index in [1.54, 1.807) is 0 Å². The Morgan fingerprint density at radius 2 is 1.18 bits per heavy atom. The van der Waals surface area contributed by atoms with Crippen molar-refractivity contribution in [2.24, 2.45) is 15.5 Å². The third-order valence-corrected chi connectivity index (χ3v) is 3.20. The van der Waals surface area contributed by atoms with Crippen LogP contribution < -0.4 is 0 Å². The molecule has 8 atom stereocenters. The van der Waals surface area contributed by atoms with Crippen molar-refractivity contribution in [3.05, 3.63) is 14.7 Å². The van der Waals surface area contributed by atoms with Crippen LogP contribution in [0, 0.1) is 14.7 Å². The minimum absolute atomic E-state index is 0.957. The number of nitrogens with zero attached hydrogens (tertiary/aromatic N) is 3. The van der Waals surface area contributed by atoms with E-state index in [-0.39, 0.29) is 0 Å². The normalized spacial score (nSPS) is 22.5. The van der Waals surface area contributed by atoms with Crippen LogP contribution in [-0.2, 0) is 0 Å². The highest BCUT2D eigenvalue weighted by Gasteiger charge is 2.44. The first-order chi connectivity index (χ1) is 10.3. The molecule has 22 heavy (non-hydrogen) atoms. The van der Waals surface area contributed by atoms with Crippen molar-refractivity contribution in [1.82, 2.24) is 0 Å². The highest BCUT2D eigenvalue weighted by molar-refractivity contribution is 4.99. The van der Waals surface area contributed by atoms with Crippen molar-refractivity contribution in [1.29, 1.82) is 0 Å². The summed E-state index contributed by atoms with van der Waals surface area (Å²) >= 11 is 0. The van der Waals surface area contributed by atoms with Gasteiger partial charge in [-0.3, -0.25) is 0 Å². The van der Waals surface area contributed by atoms with Crippen LogP contribution in [0.15, 0.2) is 15.5 Å². The Labute approximate surface area is 124 Å². The SMILES string of the molecule is C[C@H](O)[C@H](O)[C@H](O)[C@H](N=O)[C@H](O)[C@H](N=O)C(O)C(CO)N=O. The molecule has 0 aromatic rings. The zero-order valence-electron chi connectivity index (χ0n) is 11.6. The molecule has 0 fully saturated rings. The molecular weight excluding hydrogens is 306 g/mol. The van der Waals surface area contributed by atoms with Crippen LogP contribution >= 0.6 is 0 Å². The van der Waals surface area contributed by atoms with Crippen molar-refractivity contribution in [2.75, 3.05) is 6.61 Å². The molecule has 0 saturated heterocycles. The van der Waals surface area contributed by atoms with Gasteiger partial charge in [-0.2, -0.15) is 14.7 Å². The minimum atomic E-state index is -2.19. The minimum Gasteiger partial charge on any atom is -0.394 e. The molecule has 0 aromatic heterocycles. The summed E-state index contributed by atoms with van der Waals surface area (Å²) in [6.45, 7) is 0.131. The maximum absolute atomic E-state index is 10.7. The van der Waals surface area contributed by atoms with Gasteiger partial charge in [-0.15, -0.1) is 0 Å². The van der Waals surface area contributed by atoms with Gasteiger partial charge in [0.15, 0.2) is 0 Å². The Hall–Kier alpha value is -1.44. The van der Waals surface area contributed by atoms with Gasteiger partial charge < -0.3 is 30.6 Å². The molecule has 0 amide bonds. The summed E-state index contributed by atoms with van der Waals surface area (Å²) in [5.41, 5.74) is 0. The van der Waals surface area contributed by atoms with Crippen LogP contribution in [0.25, 0.3) is 0 Å². The van der Waals surface area contributed by atoms with E-state index in [0.29, 0.717) is 0 Å². The molecule has 6 N–H and O–H groups in total. The highest BCUT2D eigenvalue weighted by Crippen LogP contribution is 2.20. The van der Waals surface area contributed by atoms with Gasteiger partial charge in [-0.05, 0) is 6.92 Å². The summed E-state index contributed by atoms with van der Waals surface area (Å²) in [6, 6.07) is -5.77. The van der Waals surface area contributed by atoms with Crippen molar-refractivity contribution < 1.29 is 30.6 Å². The molecule has 0 aromatic carbocycles. The fraction of sp³-hybridized carbons (Fsp3) is 1.00. The lowest BCUT2D eigenvalue weighted by atomic mass is 9.90. The average molecular weight is 325 g/mol. The van der Waals surface area contributed by atoms with Crippen molar-refractivity contribution in [3.63, 3.8) is 0 Å².